The fourth-order valence-electron chi connectivity index (χ4n) is 2.49. The van der Waals surface area contributed by atoms with Gasteiger partial charge in [0.15, 0.2) is 11.5 Å². The standard InChI is InChI=1S/C18H13FN6OS/c1-11-15(22-24-25(11)14-9-7-13(19)8-10-14)16-20-18(27-23-16)21-17(26)12-5-3-2-4-6-12/h2-10H,1H3,(H,20,21,23,26). The normalized spacial score (nSPS) is 10.7. The summed E-state index contributed by atoms with van der Waals surface area (Å²) in [5, 5.41) is 11.3. The lowest BCUT2D eigenvalue weighted by Gasteiger charge is -2.02. The molecule has 0 atom stereocenters. The molecule has 4 aromatic rings. The monoisotopic (exact) mass is 380 g/mol. The zero-order chi connectivity index (χ0) is 18.8. The number of nitrogens with zero attached hydrogens (tertiary/aromatic N) is 5. The molecule has 134 valence electrons. The second kappa shape index (κ2) is 7.04. The van der Waals surface area contributed by atoms with Crippen LogP contribution in [0.3, 0.4) is 0 Å². The largest absolute Gasteiger partial charge is 0.297 e. The molecule has 7 nitrogen and oxygen atoms in total. The average molecular weight is 380 g/mol. The number of rotatable bonds is 4. The molecule has 4 rings (SSSR count). The first-order chi connectivity index (χ1) is 13.1. The Labute approximate surface area is 157 Å². The zero-order valence-corrected chi connectivity index (χ0v) is 14.9. The molecule has 0 aliphatic carbocycles. The summed E-state index contributed by atoms with van der Waals surface area (Å²) >= 11 is 1.06. The Morgan fingerprint density at radius 3 is 2.59 bits per heavy atom. The number of aromatic nitrogens is 5. The lowest BCUT2D eigenvalue weighted by molar-refractivity contribution is 0.102. The highest BCUT2D eigenvalue weighted by Crippen LogP contribution is 2.24. The Morgan fingerprint density at radius 2 is 1.85 bits per heavy atom. The molecule has 2 aromatic carbocycles. The second-order valence-electron chi connectivity index (χ2n) is 5.65. The van der Waals surface area contributed by atoms with Gasteiger partial charge in [0.05, 0.1) is 11.4 Å². The lowest BCUT2D eigenvalue weighted by atomic mass is 10.2. The number of carbonyl (C=O) groups excluding carboxylic acids is 1. The van der Waals surface area contributed by atoms with E-state index in [9.17, 15) is 9.18 Å². The first-order valence-electron chi connectivity index (χ1n) is 8.00. The van der Waals surface area contributed by atoms with Crippen LogP contribution in [0.4, 0.5) is 9.52 Å². The third-order valence-corrected chi connectivity index (χ3v) is 4.49. The summed E-state index contributed by atoms with van der Waals surface area (Å²) in [4.78, 5) is 16.5. The van der Waals surface area contributed by atoms with Crippen molar-refractivity contribution in [2.24, 2.45) is 0 Å². The van der Waals surface area contributed by atoms with Crippen LogP contribution in [-0.4, -0.2) is 30.3 Å². The highest BCUT2D eigenvalue weighted by atomic mass is 32.1. The maximum absolute atomic E-state index is 13.1. The summed E-state index contributed by atoms with van der Waals surface area (Å²) in [6, 6.07) is 14.8. The number of anilines is 1. The van der Waals surface area contributed by atoms with Gasteiger partial charge in [-0.15, -0.1) is 5.10 Å². The molecule has 0 aliphatic rings. The van der Waals surface area contributed by atoms with E-state index in [1.807, 2.05) is 13.0 Å². The Bertz CT molecular complexity index is 1090. The number of nitrogens with one attached hydrogen (secondary N) is 1. The lowest BCUT2D eigenvalue weighted by Crippen LogP contribution is -2.11. The van der Waals surface area contributed by atoms with Gasteiger partial charge in [0.1, 0.15) is 5.82 Å². The van der Waals surface area contributed by atoms with Gasteiger partial charge in [-0.1, -0.05) is 23.4 Å². The van der Waals surface area contributed by atoms with Gasteiger partial charge in [0, 0.05) is 17.1 Å². The fraction of sp³-hybridized carbons (Fsp3) is 0.0556. The number of carbonyl (C=O) groups is 1. The van der Waals surface area contributed by atoms with Crippen LogP contribution < -0.4 is 5.32 Å². The third kappa shape index (κ3) is 3.44. The van der Waals surface area contributed by atoms with Crippen molar-refractivity contribution in [2.45, 2.75) is 6.92 Å². The topological polar surface area (TPSA) is 85.6 Å². The van der Waals surface area contributed by atoms with Crippen LogP contribution in [0.2, 0.25) is 0 Å². The SMILES string of the molecule is Cc1c(-c2nsc(NC(=O)c3ccccc3)n2)nnn1-c1ccc(F)cc1. The molecular weight excluding hydrogens is 367 g/mol. The van der Waals surface area contributed by atoms with Crippen LogP contribution in [0.25, 0.3) is 17.2 Å². The summed E-state index contributed by atoms with van der Waals surface area (Å²) in [5.41, 5.74) is 2.42. The predicted octanol–water partition coefficient (Wildman–Crippen LogP) is 3.49. The van der Waals surface area contributed by atoms with Gasteiger partial charge in [-0.2, -0.15) is 9.36 Å². The van der Waals surface area contributed by atoms with Gasteiger partial charge in [0.2, 0.25) is 5.13 Å². The molecule has 0 saturated heterocycles. The average Bonchev–Trinajstić information content (AvgIpc) is 3.29. The molecule has 2 aromatic heterocycles. The minimum absolute atomic E-state index is 0.259. The summed E-state index contributed by atoms with van der Waals surface area (Å²) in [6.45, 7) is 1.82. The second-order valence-corrected chi connectivity index (χ2v) is 6.41. The summed E-state index contributed by atoms with van der Waals surface area (Å²) in [7, 11) is 0. The summed E-state index contributed by atoms with van der Waals surface area (Å²) in [6.07, 6.45) is 0. The van der Waals surface area contributed by atoms with Gasteiger partial charge in [-0.05, 0) is 43.3 Å². The van der Waals surface area contributed by atoms with E-state index in [1.165, 1.54) is 12.1 Å². The Morgan fingerprint density at radius 1 is 1.11 bits per heavy atom. The molecule has 1 N–H and O–H groups in total. The summed E-state index contributed by atoms with van der Waals surface area (Å²) in [5.74, 6) is -0.212. The first-order valence-corrected chi connectivity index (χ1v) is 8.78. The van der Waals surface area contributed by atoms with E-state index in [4.69, 9.17) is 0 Å². The van der Waals surface area contributed by atoms with E-state index in [1.54, 1.807) is 41.1 Å². The molecule has 0 radical (unpaired) electrons. The number of halogens is 1. The number of benzene rings is 2. The van der Waals surface area contributed by atoms with Crippen LogP contribution in [0.1, 0.15) is 16.1 Å². The molecule has 0 bridgehead atoms. The van der Waals surface area contributed by atoms with Crippen molar-refractivity contribution in [3.8, 4) is 17.2 Å². The highest BCUT2D eigenvalue weighted by molar-refractivity contribution is 7.10. The minimum Gasteiger partial charge on any atom is -0.297 e. The van der Waals surface area contributed by atoms with E-state index in [0.717, 1.165) is 11.5 Å². The van der Waals surface area contributed by atoms with Crippen LogP contribution in [0.15, 0.2) is 54.6 Å². The molecule has 0 saturated carbocycles. The van der Waals surface area contributed by atoms with E-state index >= 15 is 0 Å². The number of hydrogen-bond donors (Lipinski definition) is 1. The van der Waals surface area contributed by atoms with Gasteiger partial charge in [0.25, 0.3) is 5.91 Å². The van der Waals surface area contributed by atoms with E-state index in [0.29, 0.717) is 33.6 Å². The molecule has 0 spiro atoms. The molecule has 0 unspecified atom stereocenters. The molecule has 1 amide bonds. The highest BCUT2D eigenvalue weighted by Gasteiger charge is 2.17. The van der Waals surface area contributed by atoms with Crippen molar-refractivity contribution in [1.29, 1.82) is 0 Å². The molecule has 9 heteroatoms. The van der Waals surface area contributed by atoms with Gasteiger partial charge in [-0.3, -0.25) is 10.1 Å². The quantitative estimate of drug-likeness (QED) is 0.586. The van der Waals surface area contributed by atoms with Crippen molar-refractivity contribution < 1.29 is 9.18 Å². The van der Waals surface area contributed by atoms with Crippen molar-refractivity contribution in [3.05, 3.63) is 71.7 Å². The van der Waals surface area contributed by atoms with Crippen molar-refractivity contribution in [3.63, 3.8) is 0 Å². The van der Waals surface area contributed by atoms with Crippen molar-refractivity contribution in [1.82, 2.24) is 24.4 Å². The van der Waals surface area contributed by atoms with E-state index in [2.05, 4.69) is 25.0 Å². The third-order valence-electron chi connectivity index (χ3n) is 3.86. The van der Waals surface area contributed by atoms with Crippen LogP contribution in [0, 0.1) is 12.7 Å². The predicted molar refractivity (Wildman–Crippen MR) is 99.4 cm³/mol. The molecule has 0 fully saturated rings. The fourth-order valence-corrected chi connectivity index (χ4v) is 3.06. The Hall–Kier alpha value is -3.46. The minimum atomic E-state index is -0.322. The first kappa shape index (κ1) is 17.0. The zero-order valence-electron chi connectivity index (χ0n) is 14.1. The Balaban J connectivity index is 1.57. The van der Waals surface area contributed by atoms with E-state index in [-0.39, 0.29) is 11.7 Å². The smallest absolute Gasteiger partial charge is 0.257 e. The van der Waals surface area contributed by atoms with Gasteiger partial charge in [-0.25, -0.2) is 9.07 Å². The van der Waals surface area contributed by atoms with Gasteiger partial charge >= 0.3 is 0 Å². The number of hydrogen-bond acceptors (Lipinski definition) is 6. The molecule has 27 heavy (non-hydrogen) atoms. The molecule has 0 aliphatic heterocycles. The van der Waals surface area contributed by atoms with Crippen molar-refractivity contribution >= 4 is 22.6 Å². The van der Waals surface area contributed by atoms with Crippen LogP contribution in [0.5, 0.6) is 0 Å². The Kier molecular flexibility index (Phi) is 4.43. The maximum Gasteiger partial charge on any atom is 0.257 e. The maximum atomic E-state index is 13.1. The summed E-state index contributed by atoms with van der Waals surface area (Å²) < 4.78 is 18.9. The van der Waals surface area contributed by atoms with Crippen LogP contribution >= 0.6 is 11.5 Å². The van der Waals surface area contributed by atoms with Crippen LogP contribution in [-0.2, 0) is 0 Å². The molecule has 2 heterocycles. The van der Waals surface area contributed by atoms with E-state index < -0.39 is 0 Å². The number of amides is 1. The van der Waals surface area contributed by atoms with Crippen molar-refractivity contribution in [2.75, 3.05) is 5.32 Å². The molecular formula is C18H13FN6OS. The van der Waals surface area contributed by atoms with Gasteiger partial charge < -0.3 is 0 Å².